The second-order valence-electron chi connectivity index (χ2n) is 5.59. The van der Waals surface area contributed by atoms with E-state index in [9.17, 15) is 0 Å². The van der Waals surface area contributed by atoms with Crippen LogP contribution in [0.25, 0.3) is 10.6 Å². The van der Waals surface area contributed by atoms with E-state index in [0.29, 0.717) is 0 Å². The molecule has 6 heteroatoms. The highest BCUT2D eigenvalue weighted by molar-refractivity contribution is 7.14. The van der Waals surface area contributed by atoms with Crippen LogP contribution in [0, 0.1) is 13.8 Å². The van der Waals surface area contributed by atoms with Crippen molar-refractivity contribution >= 4 is 11.3 Å². The molecule has 0 radical (unpaired) electrons. The number of rotatable bonds is 3. The molecule has 2 heterocycles. The summed E-state index contributed by atoms with van der Waals surface area (Å²) in [5.74, 6) is 0. The van der Waals surface area contributed by atoms with Crippen LogP contribution in [0.1, 0.15) is 37.2 Å². The largest absolute Gasteiger partial charge is 0.306 e. The van der Waals surface area contributed by atoms with Crippen LogP contribution >= 0.6 is 11.3 Å². The second kappa shape index (κ2) is 5.30. The molecule has 0 saturated heterocycles. The van der Waals surface area contributed by atoms with Gasteiger partial charge in [0.1, 0.15) is 10.0 Å². The molecule has 0 unspecified atom stereocenters. The molecule has 0 aliphatic heterocycles. The smallest absolute Gasteiger partial charge is 0.149 e. The summed E-state index contributed by atoms with van der Waals surface area (Å²) in [4.78, 5) is 0. The van der Waals surface area contributed by atoms with Crippen molar-refractivity contribution in [1.82, 2.24) is 25.7 Å². The molecule has 0 aromatic carbocycles. The minimum Gasteiger partial charge on any atom is -0.306 e. The number of nitrogens with one attached hydrogen (secondary N) is 1. The van der Waals surface area contributed by atoms with Crippen molar-refractivity contribution in [2.45, 2.75) is 46.7 Å². The van der Waals surface area contributed by atoms with Crippen LogP contribution in [-0.2, 0) is 6.54 Å². The molecule has 0 aliphatic rings. The first-order valence-corrected chi connectivity index (χ1v) is 7.05. The van der Waals surface area contributed by atoms with Crippen LogP contribution in [0.15, 0.2) is 6.07 Å². The number of aryl methyl sites for hydroxylation is 2. The molecule has 1 N–H and O–H groups in total. The van der Waals surface area contributed by atoms with Crippen molar-refractivity contribution in [2.75, 3.05) is 0 Å². The van der Waals surface area contributed by atoms with Crippen molar-refractivity contribution < 1.29 is 0 Å². The average Bonchev–Trinajstić information content (AvgIpc) is 2.77. The number of hydrogen-bond acceptors (Lipinski definition) is 6. The number of hydrogen-bond donors (Lipinski definition) is 1. The third-order valence-electron chi connectivity index (χ3n) is 2.57. The number of nitrogens with zero attached hydrogens (tertiary/aromatic N) is 4. The first-order valence-electron chi connectivity index (χ1n) is 6.24. The van der Waals surface area contributed by atoms with Crippen LogP contribution in [-0.4, -0.2) is 25.9 Å². The van der Waals surface area contributed by atoms with Gasteiger partial charge in [-0.1, -0.05) is 11.3 Å². The molecule has 0 fully saturated rings. The second-order valence-corrected chi connectivity index (χ2v) is 6.65. The van der Waals surface area contributed by atoms with Crippen LogP contribution in [0.5, 0.6) is 0 Å². The Morgan fingerprint density at radius 2 is 1.84 bits per heavy atom. The van der Waals surface area contributed by atoms with Gasteiger partial charge >= 0.3 is 0 Å². The maximum atomic E-state index is 4.25. The van der Waals surface area contributed by atoms with Gasteiger partial charge in [-0.05, 0) is 40.7 Å². The van der Waals surface area contributed by atoms with Gasteiger partial charge in [-0.2, -0.15) is 10.2 Å². The normalized spacial score (nSPS) is 11.8. The molecule has 2 aromatic rings. The Morgan fingerprint density at radius 3 is 2.53 bits per heavy atom. The van der Waals surface area contributed by atoms with E-state index in [0.717, 1.165) is 33.5 Å². The van der Waals surface area contributed by atoms with Gasteiger partial charge in [0.15, 0.2) is 0 Å². The maximum Gasteiger partial charge on any atom is 0.149 e. The van der Waals surface area contributed by atoms with E-state index in [1.54, 1.807) is 11.3 Å². The highest BCUT2D eigenvalue weighted by atomic mass is 32.1. The van der Waals surface area contributed by atoms with Gasteiger partial charge < -0.3 is 5.32 Å². The van der Waals surface area contributed by atoms with Gasteiger partial charge in [0.2, 0.25) is 0 Å². The van der Waals surface area contributed by atoms with E-state index in [4.69, 9.17) is 0 Å². The van der Waals surface area contributed by atoms with E-state index in [-0.39, 0.29) is 5.54 Å². The molecular weight excluding hydrogens is 258 g/mol. The Bertz CT molecular complexity index is 571. The molecule has 0 amide bonds. The van der Waals surface area contributed by atoms with Gasteiger partial charge in [-0.3, -0.25) is 0 Å². The third kappa shape index (κ3) is 3.78. The molecule has 102 valence electrons. The minimum atomic E-state index is 0.0799. The molecule has 0 bridgehead atoms. The zero-order chi connectivity index (χ0) is 14.0. The molecule has 0 aliphatic carbocycles. The molecule has 19 heavy (non-hydrogen) atoms. The first kappa shape index (κ1) is 14.0. The van der Waals surface area contributed by atoms with E-state index >= 15 is 0 Å². The highest BCUT2D eigenvalue weighted by Gasteiger charge is 2.13. The zero-order valence-electron chi connectivity index (χ0n) is 12.0. The standard InChI is InChI=1S/C13H19N5S/c1-8-6-10(9(2)16-15-8)12-18-17-11(19-12)7-14-13(3,4)5/h6,14H,7H2,1-5H3. The molecular formula is C13H19N5S. The van der Waals surface area contributed by atoms with E-state index in [2.05, 4.69) is 46.5 Å². The molecule has 2 rings (SSSR count). The molecule has 0 saturated carbocycles. The van der Waals surface area contributed by atoms with Crippen molar-refractivity contribution in [1.29, 1.82) is 0 Å². The molecule has 0 atom stereocenters. The van der Waals surface area contributed by atoms with Gasteiger partial charge in [0.05, 0.1) is 17.9 Å². The van der Waals surface area contributed by atoms with Crippen LogP contribution < -0.4 is 5.32 Å². The van der Waals surface area contributed by atoms with Gasteiger partial charge in [0.25, 0.3) is 0 Å². The Kier molecular flexibility index (Phi) is 3.91. The predicted molar refractivity (Wildman–Crippen MR) is 77.0 cm³/mol. The quantitative estimate of drug-likeness (QED) is 0.934. The summed E-state index contributed by atoms with van der Waals surface area (Å²) in [6.45, 7) is 11.0. The monoisotopic (exact) mass is 277 g/mol. The lowest BCUT2D eigenvalue weighted by Crippen LogP contribution is -2.35. The van der Waals surface area contributed by atoms with E-state index in [1.165, 1.54) is 0 Å². The van der Waals surface area contributed by atoms with Gasteiger partial charge in [0, 0.05) is 11.1 Å². The summed E-state index contributed by atoms with van der Waals surface area (Å²) in [5, 5.41) is 21.9. The third-order valence-corrected chi connectivity index (χ3v) is 3.52. The average molecular weight is 277 g/mol. The Labute approximate surface area is 117 Å². The molecule has 2 aromatic heterocycles. The fourth-order valence-corrected chi connectivity index (χ4v) is 2.39. The van der Waals surface area contributed by atoms with Crippen molar-refractivity contribution in [2.24, 2.45) is 0 Å². The van der Waals surface area contributed by atoms with Gasteiger partial charge in [-0.25, -0.2) is 0 Å². The van der Waals surface area contributed by atoms with Crippen LogP contribution in [0.3, 0.4) is 0 Å². The van der Waals surface area contributed by atoms with Crippen molar-refractivity contribution in [3.8, 4) is 10.6 Å². The molecule has 5 nitrogen and oxygen atoms in total. The SMILES string of the molecule is Cc1cc(-c2nnc(CNC(C)(C)C)s2)c(C)nn1. The lowest BCUT2D eigenvalue weighted by atomic mass is 10.1. The van der Waals surface area contributed by atoms with Crippen LogP contribution in [0.2, 0.25) is 0 Å². The topological polar surface area (TPSA) is 63.6 Å². The summed E-state index contributed by atoms with van der Waals surface area (Å²) >= 11 is 1.60. The summed E-state index contributed by atoms with van der Waals surface area (Å²) in [6.07, 6.45) is 0. The maximum absolute atomic E-state index is 4.25. The number of aromatic nitrogens is 4. The summed E-state index contributed by atoms with van der Waals surface area (Å²) in [7, 11) is 0. The predicted octanol–water partition coefficient (Wildman–Crippen LogP) is 2.50. The van der Waals surface area contributed by atoms with Crippen molar-refractivity contribution in [3.05, 3.63) is 22.5 Å². The lowest BCUT2D eigenvalue weighted by Gasteiger charge is -2.19. The van der Waals surface area contributed by atoms with E-state index < -0.39 is 0 Å². The Hall–Kier alpha value is -1.40. The fraction of sp³-hybridized carbons (Fsp3) is 0.538. The summed E-state index contributed by atoms with van der Waals surface area (Å²) in [6, 6.07) is 2.00. The zero-order valence-corrected chi connectivity index (χ0v) is 12.8. The van der Waals surface area contributed by atoms with Crippen LogP contribution in [0.4, 0.5) is 0 Å². The summed E-state index contributed by atoms with van der Waals surface area (Å²) < 4.78 is 0. The van der Waals surface area contributed by atoms with E-state index in [1.807, 2.05) is 19.9 Å². The first-order chi connectivity index (χ1) is 8.85. The summed E-state index contributed by atoms with van der Waals surface area (Å²) in [5.41, 5.74) is 2.88. The van der Waals surface area contributed by atoms with Gasteiger partial charge in [-0.15, -0.1) is 10.2 Å². The Balaban J connectivity index is 2.19. The fourth-order valence-electron chi connectivity index (χ4n) is 1.54. The minimum absolute atomic E-state index is 0.0799. The van der Waals surface area contributed by atoms with Crippen molar-refractivity contribution in [3.63, 3.8) is 0 Å². The Morgan fingerprint density at radius 1 is 1.11 bits per heavy atom. The lowest BCUT2D eigenvalue weighted by molar-refractivity contribution is 0.423. The molecule has 0 spiro atoms. The highest BCUT2D eigenvalue weighted by Crippen LogP contribution is 2.25.